The molecule has 0 saturated heterocycles. The van der Waals surface area contributed by atoms with Gasteiger partial charge in [0.25, 0.3) is 10.0 Å². The molecule has 0 atom stereocenters. The van der Waals surface area contributed by atoms with Gasteiger partial charge in [0.15, 0.2) is 5.03 Å². The molecule has 0 aliphatic rings. The van der Waals surface area contributed by atoms with Gasteiger partial charge in [-0.25, -0.2) is 18.1 Å². The lowest BCUT2D eigenvalue weighted by Gasteiger charge is -2.25. The summed E-state index contributed by atoms with van der Waals surface area (Å²) in [6.07, 6.45) is 3.06. The molecule has 0 aliphatic heterocycles. The zero-order chi connectivity index (χ0) is 13.1. The van der Waals surface area contributed by atoms with E-state index in [2.05, 4.69) is 9.71 Å². The van der Waals surface area contributed by atoms with Gasteiger partial charge in [-0.05, 0) is 32.4 Å². The van der Waals surface area contributed by atoms with Gasteiger partial charge >= 0.3 is 0 Å². The molecule has 17 heavy (non-hydrogen) atoms. The molecule has 5 nitrogen and oxygen atoms in total. The minimum Gasteiger partial charge on any atom is -0.396 e. The highest BCUT2D eigenvalue weighted by Gasteiger charge is 2.27. The molecule has 1 heterocycles. The highest BCUT2D eigenvalue weighted by atomic mass is 32.2. The molecule has 0 spiro atoms. The number of pyridine rings is 1. The molecular formula is C11H19N3O2S. The Hall–Kier alpha value is -1.14. The Morgan fingerprint density at radius 1 is 1.47 bits per heavy atom. The first kappa shape index (κ1) is 13.9. The lowest BCUT2D eigenvalue weighted by atomic mass is 10.0. The van der Waals surface area contributed by atoms with Crippen LogP contribution in [0.2, 0.25) is 0 Å². The number of sulfonamides is 1. The van der Waals surface area contributed by atoms with Crippen molar-refractivity contribution in [1.82, 2.24) is 9.71 Å². The van der Waals surface area contributed by atoms with Gasteiger partial charge in [-0.15, -0.1) is 0 Å². The SMILES string of the molecule is CCCC(C)(C)NS(=O)(=O)c1ncccc1N. The van der Waals surface area contributed by atoms with E-state index in [1.54, 1.807) is 6.07 Å². The van der Waals surface area contributed by atoms with Gasteiger partial charge < -0.3 is 5.73 Å². The van der Waals surface area contributed by atoms with E-state index >= 15 is 0 Å². The highest BCUT2D eigenvalue weighted by Crippen LogP contribution is 2.19. The molecule has 6 heteroatoms. The van der Waals surface area contributed by atoms with Gasteiger partial charge in [-0.2, -0.15) is 0 Å². The first-order valence-electron chi connectivity index (χ1n) is 5.53. The molecule has 0 aromatic carbocycles. The van der Waals surface area contributed by atoms with Crippen LogP contribution in [0.25, 0.3) is 0 Å². The molecule has 0 bridgehead atoms. The van der Waals surface area contributed by atoms with Crippen molar-refractivity contribution < 1.29 is 8.42 Å². The van der Waals surface area contributed by atoms with Gasteiger partial charge in [-0.1, -0.05) is 13.3 Å². The van der Waals surface area contributed by atoms with Crippen molar-refractivity contribution in [2.75, 3.05) is 5.73 Å². The average Bonchev–Trinajstić information content (AvgIpc) is 2.15. The Balaban J connectivity index is 3.02. The summed E-state index contributed by atoms with van der Waals surface area (Å²) in [6, 6.07) is 3.12. The van der Waals surface area contributed by atoms with Gasteiger partial charge in [0.1, 0.15) is 0 Å². The third kappa shape index (κ3) is 3.67. The van der Waals surface area contributed by atoms with Crippen LogP contribution < -0.4 is 10.5 Å². The molecule has 1 rings (SSSR count). The van der Waals surface area contributed by atoms with E-state index in [1.807, 2.05) is 20.8 Å². The first-order chi connectivity index (χ1) is 7.78. The van der Waals surface area contributed by atoms with E-state index in [4.69, 9.17) is 5.73 Å². The number of nitrogen functional groups attached to an aromatic ring is 1. The summed E-state index contributed by atoms with van der Waals surface area (Å²) in [5.74, 6) is 0. The quantitative estimate of drug-likeness (QED) is 0.837. The largest absolute Gasteiger partial charge is 0.396 e. The van der Waals surface area contributed by atoms with Crippen molar-refractivity contribution >= 4 is 15.7 Å². The number of hydrogen-bond acceptors (Lipinski definition) is 4. The second-order valence-electron chi connectivity index (χ2n) is 4.64. The molecule has 0 fully saturated rings. The van der Waals surface area contributed by atoms with Gasteiger partial charge in [-0.3, -0.25) is 0 Å². The minimum atomic E-state index is -3.66. The predicted molar refractivity (Wildman–Crippen MR) is 68.0 cm³/mol. The maximum Gasteiger partial charge on any atom is 0.260 e. The molecule has 0 amide bonds. The number of nitrogens with one attached hydrogen (secondary N) is 1. The zero-order valence-corrected chi connectivity index (χ0v) is 11.2. The number of nitrogens with two attached hydrogens (primary N) is 1. The van der Waals surface area contributed by atoms with E-state index in [0.29, 0.717) is 0 Å². The number of aromatic nitrogens is 1. The maximum absolute atomic E-state index is 12.1. The highest BCUT2D eigenvalue weighted by molar-refractivity contribution is 7.89. The minimum absolute atomic E-state index is 0.107. The van der Waals surface area contributed by atoms with E-state index in [9.17, 15) is 8.42 Å². The lowest BCUT2D eigenvalue weighted by molar-refractivity contribution is 0.417. The summed E-state index contributed by atoms with van der Waals surface area (Å²) < 4.78 is 26.8. The third-order valence-electron chi connectivity index (χ3n) is 2.34. The topological polar surface area (TPSA) is 85.1 Å². The third-order valence-corrected chi connectivity index (χ3v) is 4.01. The van der Waals surface area contributed by atoms with Crippen molar-refractivity contribution in [2.24, 2.45) is 0 Å². The molecular weight excluding hydrogens is 238 g/mol. The Morgan fingerprint density at radius 3 is 2.65 bits per heavy atom. The van der Waals surface area contributed by atoms with E-state index < -0.39 is 15.6 Å². The van der Waals surface area contributed by atoms with Crippen LogP contribution >= 0.6 is 0 Å². The standard InChI is InChI=1S/C11H19N3O2S/c1-4-7-11(2,3)14-17(15,16)10-9(12)6-5-8-13-10/h5-6,8,14H,4,7,12H2,1-3H3. The lowest BCUT2D eigenvalue weighted by Crippen LogP contribution is -2.43. The van der Waals surface area contributed by atoms with E-state index in [0.717, 1.165) is 12.8 Å². The molecule has 96 valence electrons. The van der Waals surface area contributed by atoms with Crippen molar-refractivity contribution in [3.05, 3.63) is 18.3 Å². The van der Waals surface area contributed by atoms with Crippen molar-refractivity contribution in [2.45, 2.75) is 44.2 Å². The van der Waals surface area contributed by atoms with Gasteiger partial charge in [0.2, 0.25) is 0 Å². The molecule has 0 saturated carbocycles. The Kier molecular flexibility index (Phi) is 4.11. The maximum atomic E-state index is 12.1. The summed E-state index contributed by atoms with van der Waals surface area (Å²) in [5, 5.41) is -0.107. The molecule has 3 N–H and O–H groups in total. The summed E-state index contributed by atoms with van der Waals surface area (Å²) in [5.41, 5.74) is 5.27. The van der Waals surface area contributed by atoms with Crippen molar-refractivity contribution in [3.63, 3.8) is 0 Å². The molecule has 1 aromatic heterocycles. The van der Waals surface area contributed by atoms with Crippen LogP contribution in [0, 0.1) is 0 Å². The first-order valence-corrected chi connectivity index (χ1v) is 7.01. The second kappa shape index (κ2) is 5.01. The van der Waals surface area contributed by atoms with Crippen LogP contribution in [0.4, 0.5) is 5.69 Å². The van der Waals surface area contributed by atoms with Crippen LogP contribution in [0.1, 0.15) is 33.6 Å². The number of anilines is 1. The summed E-state index contributed by atoms with van der Waals surface area (Å²) in [7, 11) is -3.66. The zero-order valence-electron chi connectivity index (χ0n) is 10.4. The van der Waals surface area contributed by atoms with Crippen molar-refractivity contribution in [3.8, 4) is 0 Å². The van der Waals surface area contributed by atoms with Gasteiger partial charge in [0, 0.05) is 11.7 Å². The fourth-order valence-corrected chi connectivity index (χ4v) is 3.22. The molecule has 0 unspecified atom stereocenters. The fourth-order valence-electron chi connectivity index (χ4n) is 1.72. The molecule has 0 radical (unpaired) electrons. The predicted octanol–water partition coefficient (Wildman–Crippen LogP) is 1.52. The fraction of sp³-hybridized carbons (Fsp3) is 0.545. The van der Waals surface area contributed by atoms with Crippen LogP contribution in [0.3, 0.4) is 0 Å². The van der Waals surface area contributed by atoms with E-state index in [1.165, 1.54) is 12.3 Å². The monoisotopic (exact) mass is 257 g/mol. The molecule has 1 aromatic rings. The number of hydrogen-bond donors (Lipinski definition) is 2. The van der Waals surface area contributed by atoms with Crippen LogP contribution in [-0.4, -0.2) is 18.9 Å². The normalized spacial score (nSPS) is 12.6. The average molecular weight is 257 g/mol. The summed E-state index contributed by atoms with van der Waals surface area (Å²) in [4.78, 5) is 3.82. The number of nitrogens with zero attached hydrogens (tertiary/aromatic N) is 1. The smallest absolute Gasteiger partial charge is 0.260 e. The van der Waals surface area contributed by atoms with Crippen LogP contribution in [0.5, 0.6) is 0 Å². The Bertz CT molecular complexity index is 483. The summed E-state index contributed by atoms with van der Waals surface area (Å²) in [6.45, 7) is 5.69. The van der Waals surface area contributed by atoms with Crippen LogP contribution in [0.15, 0.2) is 23.4 Å². The number of rotatable bonds is 5. The van der Waals surface area contributed by atoms with Crippen LogP contribution in [-0.2, 0) is 10.0 Å². The Morgan fingerprint density at radius 2 is 2.12 bits per heavy atom. The second-order valence-corrected chi connectivity index (χ2v) is 6.23. The Labute approximate surface area is 102 Å². The van der Waals surface area contributed by atoms with Crippen molar-refractivity contribution in [1.29, 1.82) is 0 Å². The summed E-state index contributed by atoms with van der Waals surface area (Å²) >= 11 is 0. The van der Waals surface area contributed by atoms with E-state index in [-0.39, 0.29) is 10.7 Å². The molecule has 0 aliphatic carbocycles. The van der Waals surface area contributed by atoms with Gasteiger partial charge in [0.05, 0.1) is 5.69 Å².